The van der Waals surface area contributed by atoms with E-state index in [-0.39, 0.29) is 30.8 Å². The molecule has 0 aliphatic carbocycles. The molecule has 0 fully saturated rings. The molecular formula is C24H30N4O5. The van der Waals surface area contributed by atoms with Gasteiger partial charge in [-0.1, -0.05) is 43.7 Å². The van der Waals surface area contributed by atoms with Crippen LogP contribution < -0.4 is 5.43 Å². The minimum absolute atomic E-state index is 0.000755. The molecule has 0 saturated carbocycles. The van der Waals surface area contributed by atoms with Crippen molar-refractivity contribution in [3.63, 3.8) is 0 Å². The smallest absolute Gasteiger partial charge is 0.354 e. The highest BCUT2D eigenvalue weighted by molar-refractivity contribution is 6.36. The Morgan fingerprint density at radius 1 is 1.21 bits per heavy atom. The fourth-order valence-electron chi connectivity index (χ4n) is 3.30. The maximum Gasteiger partial charge on any atom is 0.354 e. The molecule has 33 heavy (non-hydrogen) atoms. The molecule has 0 unspecified atom stereocenters. The predicted molar refractivity (Wildman–Crippen MR) is 124 cm³/mol. The largest absolute Gasteiger partial charge is 0.481 e. The number of anilines is 1. The number of fused-ring (bicyclic) bond motifs is 1. The van der Waals surface area contributed by atoms with E-state index in [2.05, 4.69) is 15.5 Å². The third-order valence-electron chi connectivity index (χ3n) is 5.16. The van der Waals surface area contributed by atoms with Crippen molar-refractivity contribution in [2.24, 2.45) is 5.10 Å². The van der Waals surface area contributed by atoms with Gasteiger partial charge in [0.1, 0.15) is 5.71 Å². The van der Waals surface area contributed by atoms with Crippen LogP contribution in [0.4, 0.5) is 5.82 Å². The number of carboxylic acid groups (broad SMARTS) is 1. The summed E-state index contributed by atoms with van der Waals surface area (Å²) in [5.74, 6) is -0.711. The number of nitrogens with zero attached hydrogens (tertiary/aromatic N) is 3. The number of ether oxygens (including phenoxy) is 2. The number of carbonyl (C=O) groups is 2. The first-order chi connectivity index (χ1) is 15.8. The molecule has 2 heterocycles. The van der Waals surface area contributed by atoms with Crippen LogP contribution in [0.5, 0.6) is 0 Å². The molecule has 0 atom stereocenters. The van der Waals surface area contributed by atoms with Crippen LogP contribution >= 0.6 is 0 Å². The second-order valence-electron chi connectivity index (χ2n) is 8.47. The van der Waals surface area contributed by atoms with Crippen LogP contribution in [0.1, 0.15) is 57.7 Å². The van der Waals surface area contributed by atoms with Crippen LogP contribution in [-0.2, 0) is 32.1 Å². The summed E-state index contributed by atoms with van der Waals surface area (Å²) in [7, 11) is 0. The molecule has 0 spiro atoms. The zero-order chi connectivity index (χ0) is 23.8. The van der Waals surface area contributed by atoms with Gasteiger partial charge < -0.3 is 14.6 Å². The Morgan fingerprint density at radius 2 is 1.97 bits per heavy atom. The summed E-state index contributed by atoms with van der Waals surface area (Å²) in [5, 5.41) is 13.3. The molecule has 1 aromatic carbocycles. The quantitative estimate of drug-likeness (QED) is 0.239. The predicted octanol–water partition coefficient (Wildman–Crippen LogP) is 3.97. The van der Waals surface area contributed by atoms with Crippen molar-refractivity contribution in [2.75, 3.05) is 12.0 Å². The number of aliphatic carboxylic acids is 1. The van der Waals surface area contributed by atoms with E-state index < -0.39 is 11.9 Å². The van der Waals surface area contributed by atoms with E-state index in [4.69, 9.17) is 19.6 Å². The zero-order valence-corrected chi connectivity index (χ0v) is 19.3. The van der Waals surface area contributed by atoms with Gasteiger partial charge in [0.25, 0.3) is 0 Å². The van der Waals surface area contributed by atoms with Crippen molar-refractivity contribution in [3.05, 3.63) is 41.6 Å². The van der Waals surface area contributed by atoms with E-state index in [1.807, 2.05) is 51.1 Å². The van der Waals surface area contributed by atoms with E-state index in [0.29, 0.717) is 24.7 Å². The standard InChI is InChI=1S/C24H30N4O5/c1-4-5-13-32-23(31)18(11-12-20(29)30)27-28-22-17-15-33-24(2,3)14-19(17)25-21(26-22)16-9-7-6-8-10-16/h6-10H,4-5,11-15H2,1-3H3,(H,29,30)(H,25,26,28)/b27-18-. The Morgan fingerprint density at radius 3 is 2.67 bits per heavy atom. The van der Waals surface area contributed by atoms with Crippen LogP contribution in [0.2, 0.25) is 0 Å². The highest BCUT2D eigenvalue weighted by Crippen LogP contribution is 2.32. The number of hydrazone groups is 1. The lowest BCUT2D eigenvalue weighted by molar-refractivity contribution is -0.136. The van der Waals surface area contributed by atoms with Gasteiger partial charge in [-0.05, 0) is 20.3 Å². The van der Waals surface area contributed by atoms with Gasteiger partial charge in [0.05, 0.1) is 30.9 Å². The van der Waals surface area contributed by atoms with Gasteiger partial charge in [-0.15, -0.1) is 0 Å². The molecule has 9 heteroatoms. The molecular weight excluding hydrogens is 424 g/mol. The van der Waals surface area contributed by atoms with Crippen LogP contribution in [0.3, 0.4) is 0 Å². The van der Waals surface area contributed by atoms with Gasteiger partial charge in [-0.3, -0.25) is 10.2 Å². The van der Waals surface area contributed by atoms with Crippen molar-refractivity contribution in [2.45, 2.75) is 65.1 Å². The first kappa shape index (κ1) is 24.3. The van der Waals surface area contributed by atoms with Crippen molar-refractivity contribution >= 4 is 23.5 Å². The topological polar surface area (TPSA) is 123 Å². The average Bonchev–Trinajstić information content (AvgIpc) is 2.78. The third-order valence-corrected chi connectivity index (χ3v) is 5.16. The lowest BCUT2D eigenvalue weighted by atomic mass is 9.96. The number of esters is 1. The minimum Gasteiger partial charge on any atom is -0.481 e. The first-order valence-electron chi connectivity index (χ1n) is 11.1. The summed E-state index contributed by atoms with van der Waals surface area (Å²) in [6.45, 7) is 6.54. The van der Waals surface area contributed by atoms with E-state index in [0.717, 1.165) is 29.7 Å². The summed E-state index contributed by atoms with van der Waals surface area (Å²) in [4.78, 5) is 32.9. The molecule has 0 bridgehead atoms. The lowest BCUT2D eigenvalue weighted by Gasteiger charge is -2.31. The van der Waals surface area contributed by atoms with E-state index in [9.17, 15) is 9.59 Å². The average molecular weight is 455 g/mol. The Kier molecular flexibility index (Phi) is 8.11. The van der Waals surface area contributed by atoms with E-state index in [1.54, 1.807) is 0 Å². The second kappa shape index (κ2) is 11.0. The third kappa shape index (κ3) is 6.82. The zero-order valence-electron chi connectivity index (χ0n) is 19.3. The first-order valence-corrected chi connectivity index (χ1v) is 11.1. The van der Waals surface area contributed by atoms with Gasteiger partial charge in [0.2, 0.25) is 0 Å². The maximum absolute atomic E-state index is 12.5. The van der Waals surface area contributed by atoms with Gasteiger partial charge in [-0.25, -0.2) is 14.8 Å². The summed E-state index contributed by atoms with van der Waals surface area (Å²) < 4.78 is 11.2. The molecule has 1 aliphatic heterocycles. The number of unbranched alkanes of at least 4 members (excludes halogenated alkanes) is 1. The second-order valence-corrected chi connectivity index (χ2v) is 8.47. The highest BCUT2D eigenvalue weighted by atomic mass is 16.5. The minimum atomic E-state index is -1.02. The summed E-state index contributed by atoms with van der Waals surface area (Å²) in [5.41, 5.74) is 4.95. The number of hydrogen-bond acceptors (Lipinski definition) is 8. The van der Waals surface area contributed by atoms with Gasteiger partial charge in [-0.2, -0.15) is 5.10 Å². The molecule has 0 radical (unpaired) electrons. The summed E-state index contributed by atoms with van der Waals surface area (Å²) >= 11 is 0. The number of hydrogen-bond donors (Lipinski definition) is 2. The fraction of sp³-hybridized carbons (Fsp3) is 0.458. The molecule has 2 aromatic rings. The van der Waals surface area contributed by atoms with Crippen LogP contribution in [-0.4, -0.2) is 44.9 Å². The van der Waals surface area contributed by atoms with Crippen LogP contribution in [0.25, 0.3) is 11.4 Å². The number of rotatable bonds is 10. The SMILES string of the molecule is CCCCOC(=O)/C(CCC(=O)O)=N\Nc1nc(-c2ccccc2)nc2c1COC(C)(C)C2. The number of benzene rings is 1. The van der Waals surface area contributed by atoms with Crippen LogP contribution in [0, 0.1) is 0 Å². The van der Waals surface area contributed by atoms with Crippen LogP contribution in [0.15, 0.2) is 35.4 Å². The molecule has 0 saturated heterocycles. The monoisotopic (exact) mass is 454 g/mol. The van der Waals surface area contributed by atoms with Crippen molar-refractivity contribution in [1.29, 1.82) is 0 Å². The van der Waals surface area contributed by atoms with Gasteiger partial charge in [0, 0.05) is 24.0 Å². The fourth-order valence-corrected chi connectivity index (χ4v) is 3.30. The lowest BCUT2D eigenvalue weighted by Crippen LogP contribution is -2.33. The Balaban J connectivity index is 1.94. The van der Waals surface area contributed by atoms with E-state index >= 15 is 0 Å². The highest BCUT2D eigenvalue weighted by Gasteiger charge is 2.30. The van der Waals surface area contributed by atoms with E-state index in [1.165, 1.54) is 0 Å². The molecule has 1 aliphatic rings. The van der Waals surface area contributed by atoms with Crippen molar-refractivity contribution in [3.8, 4) is 11.4 Å². The number of nitrogens with one attached hydrogen (secondary N) is 1. The van der Waals surface area contributed by atoms with Crippen molar-refractivity contribution < 1.29 is 24.2 Å². The Labute approximate surface area is 193 Å². The Hall–Kier alpha value is -3.33. The Bertz CT molecular complexity index is 1020. The maximum atomic E-state index is 12.5. The number of aromatic nitrogens is 2. The normalized spacial score (nSPS) is 14.9. The molecule has 9 nitrogen and oxygen atoms in total. The summed E-state index contributed by atoms with van der Waals surface area (Å²) in [6.07, 6.45) is 1.89. The molecule has 2 N–H and O–H groups in total. The number of carboxylic acids is 1. The summed E-state index contributed by atoms with van der Waals surface area (Å²) in [6, 6.07) is 9.58. The number of carbonyl (C=O) groups excluding carboxylic acids is 1. The molecule has 3 rings (SSSR count). The molecule has 0 amide bonds. The molecule has 1 aromatic heterocycles. The molecule has 176 valence electrons. The van der Waals surface area contributed by atoms with Crippen molar-refractivity contribution in [1.82, 2.24) is 9.97 Å². The van der Waals surface area contributed by atoms with Gasteiger partial charge in [0.15, 0.2) is 11.6 Å². The van der Waals surface area contributed by atoms with Gasteiger partial charge >= 0.3 is 11.9 Å².